The van der Waals surface area contributed by atoms with E-state index >= 15 is 0 Å². The van der Waals surface area contributed by atoms with Crippen molar-refractivity contribution in [1.82, 2.24) is 15.2 Å². The molecular formula is C22H31N3O4. The van der Waals surface area contributed by atoms with Crippen LogP contribution in [-0.2, 0) is 14.9 Å². The molecule has 7 nitrogen and oxygen atoms in total. The summed E-state index contributed by atoms with van der Waals surface area (Å²) < 4.78 is 10.8. The van der Waals surface area contributed by atoms with E-state index < -0.39 is 0 Å². The highest BCUT2D eigenvalue weighted by atomic mass is 16.6. The first kappa shape index (κ1) is 18.9. The molecule has 1 N–H and O–H groups in total. The summed E-state index contributed by atoms with van der Waals surface area (Å²) in [6, 6.07) is 0. The summed E-state index contributed by atoms with van der Waals surface area (Å²) in [6.07, 6.45) is 7.26. The predicted molar refractivity (Wildman–Crippen MR) is 105 cm³/mol. The number of nitrogens with zero attached hydrogens (tertiary/aromatic N) is 2. The number of hydrogen-bond acceptors (Lipinski definition) is 5. The Hall–Kier alpha value is -2.05. The number of rotatable bonds is 2. The third-order valence-corrected chi connectivity index (χ3v) is 7.60. The van der Waals surface area contributed by atoms with Gasteiger partial charge in [-0.15, -0.1) is 0 Å². The molecule has 29 heavy (non-hydrogen) atoms. The van der Waals surface area contributed by atoms with E-state index in [0.29, 0.717) is 30.8 Å². The first-order chi connectivity index (χ1) is 13.7. The maximum Gasteiger partial charge on any atom is 0.407 e. The smallest absolute Gasteiger partial charge is 0.407 e. The van der Waals surface area contributed by atoms with Crippen LogP contribution in [0.3, 0.4) is 0 Å². The lowest BCUT2D eigenvalue weighted by Gasteiger charge is -2.52. The summed E-state index contributed by atoms with van der Waals surface area (Å²) in [5.74, 6) is 1.60. The van der Waals surface area contributed by atoms with Crippen LogP contribution < -0.4 is 5.32 Å². The van der Waals surface area contributed by atoms with Crippen molar-refractivity contribution < 1.29 is 18.7 Å². The van der Waals surface area contributed by atoms with Crippen LogP contribution in [-0.4, -0.2) is 47.1 Å². The van der Waals surface area contributed by atoms with Crippen LogP contribution in [0.25, 0.3) is 0 Å². The lowest BCUT2D eigenvalue weighted by Crippen LogP contribution is -2.59. The number of hydrogen-bond donors (Lipinski definition) is 1. The molecule has 2 spiro atoms. The predicted octanol–water partition coefficient (Wildman–Crippen LogP) is 3.35. The molecule has 1 aromatic heterocycles. The fourth-order valence-corrected chi connectivity index (χ4v) is 5.62. The SMILES string of the molecule is CC(C)(C)c1coc(C2CC3(CCN(C(=O)[C@H]4C[C@]5(COC(=O)N5)C4)CC3)C2)n1. The zero-order valence-electron chi connectivity index (χ0n) is 17.6. The van der Waals surface area contributed by atoms with E-state index in [0.717, 1.165) is 50.4 Å². The molecule has 3 heterocycles. The number of carbonyl (C=O) groups is 2. The number of carbonyl (C=O) groups excluding carboxylic acids is 2. The minimum absolute atomic E-state index is 0.0163. The Morgan fingerprint density at radius 3 is 2.45 bits per heavy atom. The Labute approximate surface area is 171 Å². The molecule has 0 radical (unpaired) electrons. The highest BCUT2D eigenvalue weighted by molar-refractivity contribution is 5.81. The molecule has 2 saturated heterocycles. The summed E-state index contributed by atoms with van der Waals surface area (Å²) in [5, 5.41) is 2.87. The average Bonchev–Trinajstić information content (AvgIpc) is 3.25. The van der Waals surface area contributed by atoms with Gasteiger partial charge in [0.05, 0.1) is 11.2 Å². The topological polar surface area (TPSA) is 84.7 Å². The second-order valence-corrected chi connectivity index (χ2v) is 10.8. The summed E-state index contributed by atoms with van der Waals surface area (Å²) in [5.41, 5.74) is 1.11. The Kier molecular flexibility index (Phi) is 4.07. The van der Waals surface area contributed by atoms with E-state index in [2.05, 4.69) is 26.1 Å². The second-order valence-electron chi connectivity index (χ2n) is 10.8. The average molecular weight is 402 g/mol. The molecule has 0 atom stereocenters. The minimum Gasteiger partial charge on any atom is -0.448 e. The number of cyclic esters (lactones) is 1. The molecule has 158 valence electrons. The zero-order chi connectivity index (χ0) is 20.4. The van der Waals surface area contributed by atoms with Gasteiger partial charge in [-0.3, -0.25) is 4.79 Å². The van der Waals surface area contributed by atoms with Crippen LogP contribution >= 0.6 is 0 Å². The highest BCUT2D eigenvalue weighted by Crippen LogP contribution is 2.56. The fourth-order valence-electron chi connectivity index (χ4n) is 5.62. The van der Waals surface area contributed by atoms with Gasteiger partial charge in [0.25, 0.3) is 0 Å². The summed E-state index contributed by atoms with van der Waals surface area (Å²) in [4.78, 5) is 30.9. The molecule has 2 amide bonds. The third-order valence-electron chi connectivity index (χ3n) is 7.60. The van der Waals surface area contributed by atoms with Gasteiger partial charge in [0.2, 0.25) is 5.91 Å². The maximum absolute atomic E-state index is 12.8. The van der Waals surface area contributed by atoms with Crippen molar-refractivity contribution in [2.24, 2.45) is 11.3 Å². The lowest BCUT2D eigenvalue weighted by molar-refractivity contribution is -0.145. The molecule has 7 heteroatoms. The first-order valence-corrected chi connectivity index (χ1v) is 10.9. The number of piperidine rings is 1. The van der Waals surface area contributed by atoms with E-state index in [4.69, 9.17) is 14.1 Å². The van der Waals surface area contributed by atoms with Crippen LogP contribution in [0.1, 0.15) is 76.8 Å². The second kappa shape index (κ2) is 6.22. The normalized spacial score (nSPS) is 28.0. The Morgan fingerprint density at radius 2 is 1.90 bits per heavy atom. The molecular weight excluding hydrogens is 370 g/mol. The van der Waals surface area contributed by atoms with Crippen LogP contribution in [0.5, 0.6) is 0 Å². The van der Waals surface area contributed by atoms with E-state index in [-0.39, 0.29) is 28.9 Å². The largest absolute Gasteiger partial charge is 0.448 e. The molecule has 2 aliphatic carbocycles. The minimum atomic E-state index is -0.351. The molecule has 0 unspecified atom stereocenters. The number of alkyl carbamates (subject to hydrolysis) is 1. The van der Waals surface area contributed by atoms with Gasteiger partial charge in [-0.1, -0.05) is 20.8 Å². The molecule has 5 rings (SSSR count). The quantitative estimate of drug-likeness (QED) is 0.821. The zero-order valence-corrected chi connectivity index (χ0v) is 17.6. The third kappa shape index (κ3) is 3.22. The highest BCUT2D eigenvalue weighted by Gasteiger charge is 2.54. The van der Waals surface area contributed by atoms with E-state index in [9.17, 15) is 9.59 Å². The molecule has 2 aliphatic heterocycles. The van der Waals surface area contributed by atoms with Crippen molar-refractivity contribution in [3.63, 3.8) is 0 Å². The van der Waals surface area contributed by atoms with Crippen LogP contribution in [0.4, 0.5) is 4.79 Å². The van der Waals surface area contributed by atoms with Gasteiger partial charge in [0.15, 0.2) is 5.89 Å². The van der Waals surface area contributed by atoms with Crippen molar-refractivity contribution in [3.05, 3.63) is 17.8 Å². The summed E-state index contributed by atoms with van der Waals surface area (Å²) >= 11 is 0. The standard InChI is InChI=1S/C22H31N3O4/c1-20(2,3)16-12-28-17(23-16)14-8-21(9-14)4-6-25(7-5-21)18(26)15-10-22(11-15)13-29-19(27)24-22/h12,14-15H,4-11,13H2,1-3H3,(H,24,27)/t15-,22+. The molecule has 1 aromatic rings. The Bertz CT molecular complexity index is 817. The number of oxazole rings is 1. The first-order valence-electron chi connectivity index (χ1n) is 10.9. The molecule has 0 bridgehead atoms. The molecule has 2 saturated carbocycles. The van der Waals surface area contributed by atoms with Gasteiger partial charge < -0.3 is 19.4 Å². The fraction of sp³-hybridized carbons (Fsp3) is 0.773. The van der Waals surface area contributed by atoms with Crippen molar-refractivity contribution in [1.29, 1.82) is 0 Å². The van der Waals surface area contributed by atoms with Crippen LogP contribution in [0.15, 0.2) is 10.7 Å². The number of likely N-dealkylation sites (tertiary alicyclic amines) is 1. The van der Waals surface area contributed by atoms with E-state index in [1.807, 2.05) is 11.2 Å². The number of aromatic nitrogens is 1. The van der Waals surface area contributed by atoms with Gasteiger partial charge in [-0.25, -0.2) is 9.78 Å². The molecule has 4 fully saturated rings. The summed E-state index contributed by atoms with van der Waals surface area (Å²) in [7, 11) is 0. The van der Waals surface area contributed by atoms with Gasteiger partial charge >= 0.3 is 6.09 Å². The number of nitrogens with one attached hydrogen (secondary N) is 1. The van der Waals surface area contributed by atoms with E-state index in [1.165, 1.54) is 0 Å². The Morgan fingerprint density at radius 1 is 1.21 bits per heavy atom. The van der Waals surface area contributed by atoms with Gasteiger partial charge in [-0.05, 0) is 43.9 Å². The maximum atomic E-state index is 12.8. The van der Waals surface area contributed by atoms with Crippen molar-refractivity contribution in [2.75, 3.05) is 19.7 Å². The van der Waals surface area contributed by atoms with Crippen molar-refractivity contribution in [2.45, 2.75) is 76.2 Å². The molecule has 0 aromatic carbocycles. The monoisotopic (exact) mass is 401 g/mol. The van der Waals surface area contributed by atoms with E-state index in [1.54, 1.807) is 0 Å². The van der Waals surface area contributed by atoms with Crippen LogP contribution in [0.2, 0.25) is 0 Å². The van der Waals surface area contributed by atoms with Crippen LogP contribution in [0, 0.1) is 11.3 Å². The number of ether oxygens (including phenoxy) is 1. The van der Waals surface area contributed by atoms with Crippen molar-refractivity contribution >= 4 is 12.0 Å². The summed E-state index contributed by atoms with van der Waals surface area (Å²) in [6.45, 7) is 8.55. The molecule has 4 aliphatic rings. The van der Waals surface area contributed by atoms with Crippen molar-refractivity contribution in [3.8, 4) is 0 Å². The Balaban J connectivity index is 1.11. The van der Waals surface area contributed by atoms with Gasteiger partial charge in [0, 0.05) is 30.3 Å². The van der Waals surface area contributed by atoms with Gasteiger partial charge in [0.1, 0.15) is 12.9 Å². The lowest BCUT2D eigenvalue weighted by atomic mass is 9.57. The van der Waals surface area contributed by atoms with Gasteiger partial charge in [-0.2, -0.15) is 0 Å². The number of amides is 2.